The summed E-state index contributed by atoms with van der Waals surface area (Å²) in [6.45, 7) is 2.07. The van der Waals surface area contributed by atoms with Crippen molar-refractivity contribution in [3.8, 4) is 5.75 Å². The van der Waals surface area contributed by atoms with E-state index in [1.165, 1.54) is 0 Å². The molecule has 0 aliphatic carbocycles. The van der Waals surface area contributed by atoms with Gasteiger partial charge in [-0.3, -0.25) is 10.3 Å². The molecule has 4 nitrogen and oxygen atoms in total. The molecule has 0 saturated carbocycles. The lowest BCUT2D eigenvalue weighted by Crippen LogP contribution is -2.33. The normalized spacial score (nSPS) is 17.1. The fraction of sp³-hybridized carbons (Fsp3) is 0.500. The van der Waals surface area contributed by atoms with E-state index in [1.54, 1.807) is 7.11 Å². The van der Waals surface area contributed by atoms with Crippen molar-refractivity contribution in [2.24, 2.45) is 0 Å². The monoisotopic (exact) mass is 222 g/mol. The summed E-state index contributed by atoms with van der Waals surface area (Å²) in [6, 6.07) is 7.71. The third-order valence-electron chi connectivity index (χ3n) is 2.72. The summed E-state index contributed by atoms with van der Waals surface area (Å²) in [5.41, 5.74) is 3.94. The lowest BCUT2D eigenvalue weighted by molar-refractivity contribution is 0.0740. The molecule has 0 spiro atoms. The van der Waals surface area contributed by atoms with Crippen LogP contribution >= 0.6 is 0 Å². The Morgan fingerprint density at radius 1 is 1.19 bits per heavy atom. The maximum absolute atomic E-state index is 5.61. The summed E-state index contributed by atoms with van der Waals surface area (Å²) < 4.78 is 5.09. The molecule has 4 heteroatoms. The summed E-state index contributed by atoms with van der Waals surface area (Å²) in [7, 11) is 1.66. The fourth-order valence-electron chi connectivity index (χ4n) is 1.72. The van der Waals surface area contributed by atoms with E-state index in [9.17, 15) is 0 Å². The summed E-state index contributed by atoms with van der Waals surface area (Å²) >= 11 is 0. The number of methoxy groups -OCH3 is 1. The zero-order valence-electron chi connectivity index (χ0n) is 9.53. The molecule has 1 aromatic carbocycles. The van der Waals surface area contributed by atoms with Crippen LogP contribution in [0.15, 0.2) is 24.3 Å². The highest BCUT2D eigenvalue weighted by atomic mass is 16.7. The molecule has 1 aliphatic heterocycles. The van der Waals surface area contributed by atoms with Crippen molar-refractivity contribution in [1.29, 1.82) is 0 Å². The van der Waals surface area contributed by atoms with Gasteiger partial charge in [0.25, 0.3) is 0 Å². The molecular weight excluding hydrogens is 204 g/mol. The first-order chi connectivity index (χ1) is 7.88. The van der Waals surface area contributed by atoms with E-state index in [4.69, 9.17) is 9.57 Å². The van der Waals surface area contributed by atoms with Crippen molar-refractivity contribution in [3.63, 3.8) is 0 Å². The fourth-order valence-corrected chi connectivity index (χ4v) is 1.72. The van der Waals surface area contributed by atoms with Crippen LogP contribution in [-0.2, 0) is 4.84 Å². The van der Waals surface area contributed by atoms with Gasteiger partial charge in [0.2, 0.25) is 0 Å². The van der Waals surface area contributed by atoms with Crippen LogP contribution in [0, 0.1) is 0 Å². The Bertz CT molecular complexity index is 307. The summed E-state index contributed by atoms with van der Waals surface area (Å²) in [6.07, 6.45) is 2.43. The third-order valence-corrected chi connectivity index (χ3v) is 2.72. The molecule has 1 heterocycles. The molecule has 0 radical (unpaired) electrons. The summed E-state index contributed by atoms with van der Waals surface area (Å²) in [5.74, 6) is 0.854. The maximum Gasteiger partial charge on any atom is 0.119 e. The molecule has 16 heavy (non-hydrogen) atoms. The number of benzene rings is 1. The number of ether oxygens (including phenoxy) is 1. The third kappa shape index (κ3) is 3.12. The van der Waals surface area contributed by atoms with Crippen molar-refractivity contribution in [1.82, 2.24) is 5.32 Å². The minimum atomic E-state index is 0.309. The van der Waals surface area contributed by atoms with Crippen LogP contribution in [0.1, 0.15) is 12.8 Å². The Morgan fingerprint density at radius 2 is 1.88 bits per heavy atom. The summed E-state index contributed by atoms with van der Waals surface area (Å²) in [5, 5.41) is 3.30. The van der Waals surface area contributed by atoms with Crippen LogP contribution in [0.3, 0.4) is 0 Å². The predicted molar refractivity (Wildman–Crippen MR) is 63.6 cm³/mol. The van der Waals surface area contributed by atoms with Crippen molar-refractivity contribution in [2.75, 3.05) is 25.7 Å². The van der Waals surface area contributed by atoms with Gasteiger partial charge in [0.1, 0.15) is 5.75 Å². The zero-order chi connectivity index (χ0) is 11.2. The van der Waals surface area contributed by atoms with Crippen molar-refractivity contribution < 1.29 is 9.57 Å². The summed E-state index contributed by atoms with van der Waals surface area (Å²) in [4.78, 5) is 5.61. The lowest BCUT2D eigenvalue weighted by Gasteiger charge is -2.22. The van der Waals surface area contributed by atoms with Crippen LogP contribution in [0.5, 0.6) is 5.75 Å². The molecule has 88 valence electrons. The highest BCUT2D eigenvalue weighted by molar-refractivity contribution is 5.44. The number of hydrogen-bond donors (Lipinski definition) is 2. The molecule has 0 atom stereocenters. The number of rotatable bonds is 4. The zero-order valence-corrected chi connectivity index (χ0v) is 9.53. The molecule has 2 N–H and O–H groups in total. The predicted octanol–water partition coefficient (Wildman–Crippen LogP) is 1.79. The first kappa shape index (κ1) is 11.2. The maximum atomic E-state index is 5.61. The largest absolute Gasteiger partial charge is 0.497 e. The van der Waals surface area contributed by atoms with Gasteiger partial charge in [-0.25, -0.2) is 0 Å². The van der Waals surface area contributed by atoms with Crippen LogP contribution in [0.2, 0.25) is 0 Å². The van der Waals surface area contributed by atoms with Gasteiger partial charge in [0, 0.05) is 0 Å². The van der Waals surface area contributed by atoms with Crippen LogP contribution in [0.4, 0.5) is 5.69 Å². The van der Waals surface area contributed by atoms with Crippen molar-refractivity contribution in [3.05, 3.63) is 24.3 Å². The van der Waals surface area contributed by atoms with Gasteiger partial charge in [-0.2, -0.15) is 0 Å². The molecule has 0 bridgehead atoms. The Hall–Kier alpha value is -1.26. The molecule has 1 saturated heterocycles. The Labute approximate surface area is 95.9 Å². The van der Waals surface area contributed by atoms with Crippen LogP contribution < -0.4 is 15.5 Å². The van der Waals surface area contributed by atoms with E-state index in [0.717, 1.165) is 37.4 Å². The number of nitrogens with one attached hydrogen (secondary N) is 2. The highest BCUT2D eigenvalue weighted by Crippen LogP contribution is 2.16. The first-order valence-electron chi connectivity index (χ1n) is 5.65. The van der Waals surface area contributed by atoms with E-state index >= 15 is 0 Å². The van der Waals surface area contributed by atoms with E-state index in [0.29, 0.717) is 6.10 Å². The van der Waals surface area contributed by atoms with Crippen molar-refractivity contribution >= 4 is 5.69 Å². The van der Waals surface area contributed by atoms with Gasteiger partial charge in [-0.1, -0.05) is 0 Å². The van der Waals surface area contributed by atoms with Gasteiger partial charge >= 0.3 is 0 Å². The Kier molecular flexibility index (Phi) is 4.02. The smallest absolute Gasteiger partial charge is 0.119 e. The van der Waals surface area contributed by atoms with Crippen LogP contribution in [0.25, 0.3) is 0 Å². The lowest BCUT2D eigenvalue weighted by atomic mass is 10.1. The second-order valence-corrected chi connectivity index (χ2v) is 3.90. The van der Waals surface area contributed by atoms with Gasteiger partial charge in [0.15, 0.2) is 0 Å². The molecule has 0 aromatic heterocycles. The van der Waals surface area contributed by atoms with E-state index in [1.807, 2.05) is 24.3 Å². The van der Waals surface area contributed by atoms with Crippen LogP contribution in [-0.4, -0.2) is 26.3 Å². The molecule has 2 rings (SSSR count). The van der Waals surface area contributed by atoms with E-state index in [-0.39, 0.29) is 0 Å². The van der Waals surface area contributed by atoms with E-state index in [2.05, 4.69) is 10.8 Å². The highest BCUT2D eigenvalue weighted by Gasteiger charge is 2.13. The number of hydrogen-bond acceptors (Lipinski definition) is 4. The average Bonchev–Trinajstić information content (AvgIpc) is 2.38. The topological polar surface area (TPSA) is 42.5 Å². The quantitative estimate of drug-likeness (QED) is 0.762. The molecule has 1 aliphatic rings. The molecule has 0 unspecified atom stereocenters. The van der Waals surface area contributed by atoms with E-state index < -0.39 is 0 Å². The molecular formula is C12H18N2O2. The average molecular weight is 222 g/mol. The second kappa shape index (κ2) is 5.72. The minimum Gasteiger partial charge on any atom is -0.497 e. The van der Waals surface area contributed by atoms with Gasteiger partial charge in [0.05, 0.1) is 18.9 Å². The SMILES string of the molecule is COc1ccc(NOC2CCNCC2)cc1. The standard InChI is InChI=1S/C12H18N2O2/c1-15-11-4-2-10(3-5-11)14-16-12-6-8-13-9-7-12/h2-5,12-14H,6-9H2,1H3. The van der Waals surface area contributed by atoms with Crippen molar-refractivity contribution in [2.45, 2.75) is 18.9 Å². The minimum absolute atomic E-state index is 0.309. The van der Waals surface area contributed by atoms with Gasteiger partial charge in [-0.05, 0) is 50.2 Å². The molecule has 0 amide bonds. The van der Waals surface area contributed by atoms with Gasteiger partial charge in [-0.15, -0.1) is 0 Å². The molecule has 1 aromatic rings. The molecule has 1 fully saturated rings. The number of anilines is 1. The first-order valence-corrected chi connectivity index (χ1v) is 5.65. The second-order valence-electron chi connectivity index (χ2n) is 3.90. The van der Waals surface area contributed by atoms with Gasteiger partial charge < -0.3 is 10.1 Å². The Morgan fingerprint density at radius 3 is 2.50 bits per heavy atom. The number of piperidine rings is 1. The Balaban J connectivity index is 1.79.